The number of carbonyl (C=O) groups excluding carboxylic acids is 1. The van der Waals surface area contributed by atoms with Crippen molar-refractivity contribution in [3.8, 4) is 0 Å². The Morgan fingerprint density at radius 1 is 1.38 bits per heavy atom. The molecule has 6 heteroatoms. The van der Waals surface area contributed by atoms with Crippen molar-refractivity contribution >= 4 is 5.91 Å². The van der Waals surface area contributed by atoms with Crippen LogP contribution in [-0.4, -0.2) is 26.4 Å². The number of hydrogen-bond donors (Lipinski definition) is 1. The van der Waals surface area contributed by atoms with Crippen LogP contribution in [0.2, 0.25) is 0 Å². The van der Waals surface area contributed by atoms with Crippen LogP contribution in [0.25, 0.3) is 0 Å². The van der Waals surface area contributed by atoms with Gasteiger partial charge in [0.15, 0.2) is 5.69 Å². The van der Waals surface area contributed by atoms with E-state index in [1.807, 2.05) is 27.7 Å². The smallest absolute Gasteiger partial charge is 0.274 e. The Kier molecular flexibility index (Phi) is 4.15. The highest BCUT2D eigenvalue weighted by Crippen LogP contribution is 2.39. The maximum absolute atomic E-state index is 13.3. The largest absolute Gasteiger partial charge is 0.345 e. The fourth-order valence-electron chi connectivity index (χ4n) is 3.06. The van der Waals surface area contributed by atoms with Crippen molar-refractivity contribution in [1.29, 1.82) is 0 Å². The number of carbonyl (C=O) groups is 1. The van der Waals surface area contributed by atoms with Crippen LogP contribution in [0.5, 0.6) is 0 Å². The summed E-state index contributed by atoms with van der Waals surface area (Å²) in [7, 11) is 0. The minimum Gasteiger partial charge on any atom is -0.345 e. The number of rotatable bonds is 5. The van der Waals surface area contributed by atoms with Crippen molar-refractivity contribution in [2.45, 2.75) is 58.5 Å². The molecule has 0 atom stereocenters. The quantitative estimate of drug-likeness (QED) is 0.916. The first-order valence-corrected chi connectivity index (χ1v) is 8.31. The third-order valence-corrected chi connectivity index (χ3v) is 4.70. The van der Waals surface area contributed by atoms with Crippen LogP contribution in [0.4, 0.5) is 4.39 Å². The van der Waals surface area contributed by atoms with Crippen LogP contribution in [0.15, 0.2) is 18.2 Å². The predicted octanol–water partition coefficient (Wildman–Crippen LogP) is 3.12. The van der Waals surface area contributed by atoms with Crippen molar-refractivity contribution in [3.63, 3.8) is 0 Å². The zero-order valence-electron chi connectivity index (χ0n) is 14.6. The Hall–Kier alpha value is -2.24. The van der Waals surface area contributed by atoms with E-state index in [4.69, 9.17) is 0 Å². The van der Waals surface area contributed by atoms with E-state index >= 15 is 0 Å². The Bertz CT molecular complexity index is 777. The second kappa shape index (κ2) is 6.00. The van der Waals surface area contributed by atoms with Gasteiger partial charge in [0.25, 0.3) is 5.91 Å². The normalized spacial score (nSPS) is 15.6. The molecular formula is C18H23FN4O. The molecule has 0 radical (unpaired) electrons. The van der Waals surface area contributed by atoms with Gasteiger partial charge in [-0.15, -0.1) is 5.10 Å². The van der Waals surface area contributed by atoms with Gasteiger partial charge in [0.1, 0.15) is 5.82 Å². The first-order valence-electron chi connectivity index (χ1n) is 8.31. The van der Waals surface area contributed by atoms with E-state index in [9.17, 15) is 9.18 Å². The molecule has 1 saturated carbocycles. The average Bonchev–Trinajstić information content (AvgIpc) is 3.13. The lowest BCUT2D eigenvalue weighted by molar-refractivity contribution is 0.0925. The number of amides is 1. The predicted molar refractivity (Wildman–Crippen MR) is 89.4 cm³/mol. The molecule has 0 aliphatic heterocycles. The molecule has 1 aliphatic rings. The number of nitrogens with one attached hydrogen (secondary N) is 1. The lowest BCUT2D eigenvalue weighted by Crippen LogP contribution is -2.39. The van der Waals surface area contributed by atoms with Gasteiger partial charge < -0.3 is 5.32 Å². The first-order chi connectivity index (χ1) is 11.3. The molecule has 1 aliphatic carbocycles. The molecule has 3 rings (SSSR count). The van der Waals surface area contributed by atoms with E-state index in [0.29, 0.717) is 12.1 Å². The maximum atomic E-state index is 13.3. The van der Waals surface area contributed by atoms with Crippen LogP contribution in [-0.2, 0) is 6.42 Å². The number of benzene rings is 1. The van der Waals surface area contributed by atoms with Gasteiger partial charge in [-0.2, -0.15) is 0 Å². The molecule has 128 valence electrons. The zero-order valence-corrected chi connectivity index (χ0v) is 14.6. The monoisotopic (exact) mass is 330 g/mol. The second-order valence-corrected chi connectivity index (χ2v) is 7.04. The summed E-state index contributed by atoms with van der Waals surface area (Å²) in [5.74, 6) is -0.414. The van der Waals surface area contributed by atoms with Gasteiger partial charge >= 0.3 is 0 Å². The summed E-state index contributed by atoms with van der Waals surface area (Å²) in [6, 6.07) is 4.97. The molecule has 0 saturated heterocycles. The SMILES string of the molecule is Cc1cc(F)ccc1CC1(NC(=O)c2nnn(C(C)C)c2C)CC1. The molecule has 5 nitrogen and oxygen atoms in total. The van der Waals surface area contributed by atoms with Gasteiger partial charge in [0, 0.05) is 11.6 Å². The van der Waals surface area contributed by atoms with Gasteiger partial charge in [0.2, 0.25) is 0 Å². The highest BCUT2D eigenvalue weighted by Gasteiger charge is 2.44. The molecule has 1 fully saturated rings. The van der Waals surface area contributed by atoms with Gasteiger partial charge in [-0.25, -0.2) is 9.07 Å². The van der Waals surface area contributed by atoms with Crippen LogP contribution >= 0.6 is 0 Å². The number of aryl methyl sites for hydroxylation is 1. The van der Waals surface area contributed by atoms with Crippen LogP contribution in [0.1, 0.15) is 60.0 Å². The molecule has 0 spiro atoms. The Labute approximate surface area is 141 Å². The molecule has 1 aromatic carbocycles. The Balaban J connectivity index is 1.74. The van der Waals surface area contributed by atoms with Crippen LogP contribution in [0, 0.1) is 19.7 Å². The van der Waals surface area contributed by atoms with Crippen molar-refractivity contribution in [1.82, 2.24) is 20.3 Å². The third-order valence-electron chi connectivity index (χ3n) is 4.70. The molecule has 1 amide bonds. The molecule has 0 unspecified atom stereocenters. The minimum absolute atomic E-state index is 0.163. The van der Waals surface area contributed by atoms with Crippen molar-refractivity contribution in [2.24, 2.45) is 0 Å². The Morgan fingerprint density at radius 2 is 2.08 bits per heavy atom. The van der Waals surface area contributed by atoms with E-state index in [2.05, 4.69) is 15.6 Å². The second-order valence-electron chi connectivity index (χ2n) is 7.04. The van der Waals surface area contributed by atoms with Crippen LogP contribution < -0.4 is 5.32 Å². The minimum atomic E-state index is -0.242. The van der Waals surface area contributed by atoms with Gasteiger partial charge in [-0.1, -0.05) is 11.3 Å². The van der Waals surface area contributed by atoms with E-state index in [-0.39, 0.29) is 23.3 Å². The van der Waals surface area contributed by atoms with Crippen LogP contribution in [0.3, 0.4) is 0 Å². The summed E-state index contributed by atoms with van der Waals surface area (Å²) < 4.78 is 15.0. The number of nitrogens with zero attached hydrogens (tertiary/aromatic N) is 3. The zero-order chi connectivity index (χ0) is 17.5. The molecule has 24 heavy (non-hydrogen) atoms. The fraction of sp³-hybridized carbons (Fsp3) is 0.500. The first kappa shape index (κ1) is 16.6. The molecule has 2 aromatic rings. The lowest BCUT2D eigenvalue weighted by Gasteiger charge is -2.18. The highest BCUT2D eigenvalue weighted by atomic mass is 19.1. The van der Waals surface area contributed by atoms with Gasteiger partial charge in [-0.05, 0) is 70.2 Å². The number of aromatic nitrogens is 3. The summed E-state index contributed by atoms with van der Waals surface area (Å²) in [5, 5.41) is 11.2. The average molecular weight is 330 g/mol. The lowest BCUT2D eigenvalue weighted by atomic mass is 9.99. The van der Waals surface area contributed by atoms with Crippen molar-refractivity contribution in [2.75, 3.05) is 0 Å². The van der Waals surface area contributed by atoms with E-state index in [1.165, 1.54) is 12.1 Å². The summed E-state index contributed by atoms with van der Waals surface area (Å²) in [6.07, 6.45) is 2.56. The summed E-state index contributed by atoms with van der Waals surface area (Å²) in [5.41, 5.74) is 2.89. The number of hydrogen-bond acceptors (Lipinski definition) is 3. The highest BCUT2D eigenvalue weighted by molar-refractivity contribution is 5.94. The summed E-state index contributed by atoms with van der Waals surface area (Å²) in [4.78, 5) is 12.6. The van der Waals surface area contributed by atoms with E-state index in [0.717, 1.165) is 29.7 Å². The van der Waals surface area contributed by atoms with Crippen molar-refractivity contribution in [3.05, 3.63) is 46.5 Å². The molecule has 1 heterocycles. The summed E-state index contributed by atoms with van der Waals surface area (Å²) >= 11 is 0. The molecule has 1 aromatic heterocycles. The van der Waals surface area contributed by atoms with Crippen molar-refractivity contribution < 1.29 is 9.18 Å². The van der Waals surface area contributed by atoms with E-state index in [1.54, 1.807) is 10.7 Å². The molecule has 0 bridgehead atoms. The maximum Gasteiger partial charge on any atom is 0.274 e. The topological polar surface area (TPSA) is 59.8 Å². The van der Waals surface area contributed by atoms with Gasteiger partial charge in [0.05, 0.1) is 5.69 Å². The molecule has 1 N–H and O–H groups in total. The number of halogens is 1. The van der Waals surface area contributed by atoms with E-state index < -0.39 is 0 Å². The third kappa shape index (κ3) is 3.18. The standard InChI is InChI=1S/C18H23FN4O/c1-11(2)23-13(4)16(21-22-23)17(24)20-18(7-8-18)10-14-5-6-15(19)9-12(14)3/h5-6,9,11H,7-8,10H2,1-4H3,(H,20,24). The van der Waals surface area contributed by atoms with Gasteiger partial charge in [-0.3, -0.25) is 4.79 Å². The molecular weight excluding hydrogens is 307 g/mol. The summed E-state index contributed by atoms with van der Waals surface area (Å²) in [6.45, 7) is 7.76. The Morgan fingerprint density at radius 3 is 2.62 bits per heavy atom. The fourth-order valence-corrected chi connectivity index (χ4v) is 3.06.